The minimum absolute atomic E-state index is 0.157. The highest BCUT2D eigenvalue weighted by Crippen LogP contribution is 2.66. The summed E-state index contributed by atoms with van der Waals surface area (Å²) in [5, 5.41) is 2.28. The van der Waals surface area contributed by atoms with Crippen LogP contribution in [0.25, 0.3) is 128 Å². The van der Waals surface area contributed by atoms with Crippen LogP contribution in [0.4, 0.5) is 51.2 Å². The molecule has 1 spiro atoms. The predicted octanol–water partition coefficient (Wildman–Crippen LogP) is 29.9. The van der Waals surface area contributed by atoms with Crippen molar-refractivity contribution in [1.29, 1.82) is 0 Å². The maximum atomic E-state index is 10.5. The number of nitrogens with zero attached hydrogens (tertiary/aromatic N) is 4. The van der Waals surface area contributed by atoms with Gasteiger partial charge in [-0.3, -0.25) is 0 Å². The molecule has 0 amide bonds. The molecule has 136 heavy (non-hydrogen) atoms. The standard InChI is InChI=1S/C129H92B2N4O/c1-127(2,3)88-73-100(83-45-17-9-18-46-83)125(101(74-88)84-47-19-10-20-48-84)133-114-70-38-34-66-108(114)131-110-79-109-115(80-119(110)136-120-72-87(71-116(133)123(120)131)91-58-39-61-99-96-55-27-32-64-106(96)129(121(91)99)104-62-30-25-53-94(104)95-54-26-31-63-105(95)129)135(124-92(81-41-13-7-14-42-81)59-40-60-93(124)82-43-15-8-16-44-82)118-78-90(132-111-67-35-28-56-97(111)98-57-29-36-68-112(98)132)77-117-122(118)130(109)107-65-33-37-69-113(107)134(117)126-102(85-49-21-11-22-50-85)75-89(128(4,5)6)76-103(126)86-51-23-12-24-52-86/h7-80H,1-6H3/i25D,26D,30D,31D,53D,54D,62D. The molecule has 2 aliphatic carbocycles. The molecule has 0 radical (unpaired) electrons. The van der Waals surface area contributed by atoms with Crippen molar-refractivity contribution in [1.82, 2.24) is 4.57 Å². The van der Waals surface area contributed by atoms with Crippen LogP contribution >= 0.6 is 0 Å². The molecule has 7 heteroatoms. The second-order valence-electron chi connectivity index (χ2n) is 39.1. The van der Waals surface area contributed by atoms with Gasteiger partial charge in [0.15, 0.2) is 0 Å². The Labute approximate surface area is 804 Å². The largest absolute Gasteiger partial charge is 0.458 e. The number of rotatable bonds is 11. The molecule has 0 N–H and O–H groups in total. The molecular formula is C129H92B2N4O. The van der Waals surface area contributed by atoms with Gasteiger partial charge in [-0.1, -0.05) is 411 Å². The first kappa shape index (κ1) is 72.2. The number of anilines is 9. The summed E-state index contributed by atoms with van der Waals surface area (Å²) in [6, 6.07) is 146. The average Bonchev–Trinajstić information content (AvgIpc) is 1.49. The molecule has 1 atom stereocenters. The van der Waals surface area contributed by atoms with Crippen molar-refractivity contribution in [2.75, 3.05) is 14.7 Å². The topological polar surface area (TPSA) is 23.9 Å². The van der Waals surface area contributed by atoms with E-state index < -0.39 is 30.9 Å². The van der Waals surface area contributed by atoms with Crippen molar-refractivity contribution in [3.63, 3.8) is 0 Å². The van der Waals surface area contributed by atoms with E-state index in [0.29, 0.717) is 17.1 Å². The molecule has 0 saturated heterocycles. The summed E-state index contributed by atoms with van der Waals surface area (Å²) in [7, 11) is 0. The van der Waals surface area contributed by atoms with Gasteiger partial charge < -0.3 is 24.0 Å². The van der Waals surface area contributed by atoms with Crippen molar-refractivity contribution in [2.45, 2.75) is 57.8 Å². The van der Waals surface area contributed by atoms with Crippen LogP contribution in [0.15, 0.2) is 449 Å². The van der Waals surface area contributed by atoms with Gasteiger partial charge in [-0.15, -0.1) is 0 Å². The van der Waals surface area contributed by atoms with E-state index in [1.54, 1.807) is 6.07 Å². The summed E-state index contributed by atoms with van der Waals surface area (Å²) in [4.78, 5) is 7.79. The van der Waals surface area contributed by atoms with E-state index in [2.05, 4.69) is 443 Å². The van der Waals surface area contributed by atoms with Gasteiger partial charge >= 0.3 is 0 Å². The fraction of sp³-hybridized carbons (Fsp3) is 0.0698. The van der Waals surface area contributed by atoms with Crippen LogP contribution in [0.1, 0.15) is 84.5 Å². The summed E-state index contributed by atoms with van der Waals surface area (Å²) in [5.74, 6) is 1.26. The Morgan fingerprint density at radius 1 is 0.257 bits per heavy atom. The Morgan fingerprint density at radius 2 is 0.647 bits per heavy atom. The molecule has 27 rings (SSSR count). The molecule has 21 aromatic rings. The van der Waals surface area contributed by atoms with Crippen molar-refractivity contribution < 1.29 is 14.3 Å². The molecular weight excluding hydrogens is 1640 g/mol. The normalized spacial score (nSPS) is 15.0. The minimum atomic E-state index is -1.57. The van der Waals surface area contributed by atoms with Crippen LogP contribution < -0.4 is 52.2 Å². The van der Waals surface area contributed by atoms with E-state index in [4.69, 9.17) is 4.74 Å². The van der Waals surface area contributed by atoms with Gasteiger partial charge in [0.2, 0.25) is 0 Å². The smallest absolute Gasteiger partial charge is 0.256 e. The predicted molar refractivity (Wildman–Crippen MR) is 572 cm³/mol. The van der Waals surface area contributed by atoms with Crippen LogP contribution in [-0.4, -0.2) is 18.0 Å². The summed E-state index contributed by atoms with van der Waals surface area (Å²) in [6.07, 6.45) is 0. The second kappa shape index (κ2) is 30.3. The van der Waals surface area contributed by atoms with Crippen LogP contribution in [0, 0.1) is 0 Å². The molecule has 0 fully saturated rings. The third-order valence-electron chi connectivity index (χ3n) is 29.6. The molecule has 6 aliphatic rings. The van der Waals surface area contributed by atoms with Crippen molar-refractivity contribution in [3.05, 3.63) is 482 Å². The fourth-order valence-corrected chi connectivity index (χ4v) is 23.7. The molecule has 4 aliphatic heterocycles. The highest BCUT2D eigenvalue weighted by atomic mass is 16.5. The van der Waals surface area contributed by atoms with Crippen LogP contribution in [0.3, 0.4) is 0 Å². The molecule has 0 saturated carbocycles. The van der Waals surface area contributed by atoms with Crippen LogP contribution in [-0.2, 0) is 16.2 Å². The molecule has 1 unspecified atom stereocenters. The van der Waals surface area contributed by atoms with E-state index in [-0.39, 0.29) is 57.7 Å². The Hall–Kier alpha value is -16.5. The average molecular weight is 1740 g/mol. The monoisotopic (exact) mass is 1740 g/mol. The second-order valence-corrected chi connectivity index (χ2v) is 39.1. The number of hydrogen-bond acceptors (Lipinski definition) is 4. The molecule has 0 bridgehead atoms. The van der Waals surface area contributed by atoms with Gasteiger partial charge in [-0.25, -0.2) is 0 Å². The molecule has 5 nitrogen and oxygen atoms in total. The maximum absolute atomic E-state index is 10.5. The molecule has 640 valence electrons. The zero-order chi connectivity index (χ0) is 96.6. The van der Waals surface area contributed by atoms with Gasteiger partial charge in [-0.05, 0) is 217 Å². The minimum Gasteiger partial charge on any atom is -0.458 e. The Kier molecular flexibility index (Phi) is 16.1. The van der Waals surface area contributed by atoms with Crippen molar-refractivity contribution in [3.8, 4) is 117 Å². The first-order valence-corrected chi connectivity index (χ1v) is 47.3. The Balaban J connectivity index is 0.800. The Morgan fingerprint density at radius 3 is 1.16 bits per heavy atom. The van der Waals surface area contributed by atoms with Gasteiger partial charge in [0.1, 0.15) is 11.5 Å². The SMILES string of the molecule is [2H]c1cc2c(c([2H])c1[2H])-c1c([2H])c([2H])c([2H])c([2H])c1C21c2ccccc2-c2cccc(-c3cc4c5c(c3)N(c3c(-c6ccccc6)cc(C(C)(C)C)cc3-c3ccccc3)c3ccccc3B5c3cc5c(cc3O4)N(c3c(-c4ccccc4)cccc3-c3ccccc3)c3cc(-n4c6ccccc6c6ccccc64)cc4c3B5c3ccccc3N4c3c(-c4ccccc4)cc(C(C)(C)C)cc3-c3ccccc3)c21. The summed E-state index contributed by atoms with van der Waals surface area (Å²) in [6.45, 7) is 12.9. The lowest BCUT2D eigenvalue weighted by Crippen LogP contribution is -2.64. The summed E-state index contributed by atoms with van der Waals surface area (Å²) >= 11 is 0. The van der Waals surface area contributed by atoms with Gasteiger partial charge in [0.25, 0.3) is 13.4 Å². The van der Waals surface area contributed by atoms with E-state index in [1.807, 2.05) is 18.2 Å². The quantitative estimate of drug-likeness (QED) is 0.120. The lowest BCUT2D eigenvalue weighted by Gasteiger charge is -2.47. The zero-order valence-electron chi connectivity index (χ0n) is 83.0. The maximum Gasteiger partial charge on any atom is 0.256 e. The van der Waals surface area contributed by atoms with Crippen LogP contribution in [0.5, 0.6) is 11.5 Å². The van der Waals surface area contributed by atoms with E-state index in [9.17, 15) is 9.60 Å². The lowest BCUT2D eigenvalue weighted by atomic mass is 9.30. The summed E-state index contributed by atoms with van der Waals surface area (Å²) in [5.41, 5.74) is 36.7. The van der Waals surface area contributed by atoms with Crippen molar-refractivity contribution in [2.24, 2.45) is 0 Å². The zero-order valence-corrected chi connectivity index (χ0v) is 76.0. The molecule has 5 heterocycles. The highest BCUT2D eigenvalue weighted by Gasteiger charge is 2.55. The molecule has 1 aromatic heterocycles. The number of aromatic nitrogens is 1. The van der Waals surface area contributed by atoms with Gasteiger partial charge in [0, 0.05) is 84.3 Å². The highest BCUT2D eigenvalue weighted by molar-refractivity contribution is 7.02. The van der Waals surface area contributed by atoms with Crippen molar-refractivity contribution >= 4 is 119 Å². The number of hydrogen-bond donors (Lipinski definition) is 0. The fourth-order valence-electron chi connectivity index (χ4n) is 23.7. The molecule has 20 aromatic carbocycles. The van der Waals surface area contributed by atoms with E-state index in [1.165, 1.54) is 5.56 Å². The lowest BCUT2D eigenvalue weighted by molar-refractivity contribution is 0.488. The first-order chi connectivity index (χ1) is 69.7. The third kappa shape index (κ3) is 11.8. The summed E-state index contributed by atoms with van der Waals surface area (Å²) < 4.78 is 79.9. The Bertz CT molecular complexity index is 8780. The number of fused-ring (bicyclic) bond motifs is 21. The van der Waals surface area contributed by atoms with Crippen LogP contribution in [0.2, 0.25) is 0 Å². The number of para-hydroxylation sites is 5. The van der Waals surface area contributed by atoms with Gasteiger partial charge in [-0.2, -0.15) is 0 Å². The van der Waals surface area contributed by atoms with E-state index in [0.717, 1.165) is 217 Å². The first-order valence-electron chi connectivity index (χ1n) is 50.8. The number of ether oxygens (including phenoxy) is 1. The van der Waals surface area contributed by atoms with Gasteiger partial charge in [0.05, 0.1) is 48.8 Å². The number of benzene rings is 20. The van der Waals surface area contributed by atoms with E-state index >= 15 is 0 Å². The third-order valence-corrected chi connectivity index (χ3v) is 29.6.